The average molecular weight is 463 g/mol. The number of azo groups is 1. The van der Waals surface area contributed by atoms with Crippen LogP contribution in [-0.2, 0) is 20.0 Å². The van der Waals surface area contributed by atoms with Gasteiger partial charge in [0.05, 0.1) is 5.11 Å². The standard InChI is InChI=1S/C13H19N6S.3ClH.Zn/c1-17(2)11-8-6-10(7-9-11)14-15-12-19(5)16-13(20-12)18(3)4;;;;/h6-9H,1-5H3;3*1H;/q+1;;;;+2/p-3. The third-order valence-corrected chi connectivity index (χ3v) is 3.85. The second-order valence-corrected chi connectivity index (χ2v) is 19.9. The number of hydrogen-bond acceptors (Lipinski definition) is 6. The second kappa shape index (κ2) is 10.5. The molecule has 11 heteroatoms. The van der Waals surface area contributed by atoms with E-state index >= 15 is 0 Å². The molecule has 1 aromatic carbocycles. The summed E-state index contributed by atoms with van der Waals surface area (Å²) in [6, 6.07) is 7.94. The number of aryl methyl sites for hydroxylation is 1. The fourth-order valence-corrected chi connectivity index (χ4v) is 2.29. The van der Waals surface area contributed by atoms with Gasteiger partial charge in [-0.25, -0.2) is 0 Å². The molecule has 0 atom stereocenters. The second-order valence-electron chi connectivity index (χ2n) is 5.10. The predicted octanol–water partition coefficient (Wildman–Crippen LogP) is 4.58. The molecule has 0 unspecified atom stereocenters. The molecule has 0 spiro atoms. The summed E-state index contributed by atoms with van der Waals surface area (Å²) in [5.74, 6) is 0. The molecule has 0 N–H and O–H groups in total. The maximum atomic E-state index is 5.01. The summed E-state index contributed by atoms with van der Waals surface area (Å²) in [6.07, 6.45) is 0. The van der Waals surface area contributed by atoms with Crippen molar-refractivity contribution in [3.05, 3.63) is 24.3 Å². The molecule has 2 rings (SSSR count). The molecular weight excluding hydrogens is 444 g/mol. The van der Waals surface area contributed by atoms with Crippen molar-refractivity contribution in [2.45, 2.75) is 0 Å². The summed E-state index contributed by atoms with van der Waals surface area (Å²) in [6.45, 7) is 0. The van der Waals surface area contributed by atoms with Crippen LogP contribution in [0.5, 0.6) is 0 Å². The Bertz CT molecular complexity index is 657. The van der Waals surface area contributed by atoms with Gasteiger partial charge >= 0.3 is 47.2 Å². The topological polar surface area (TPSA) is 48.0 Å². The van der Waals surface area contributed by atoms with Crippen LogP contribution in [-0.4, -0.2) is 33.3 Å². The van der Waals surface area contributed by atoms with Crippen LogP contribution < -0.4 is 14.5 Å². The molecule has 0 aliphatic rings. The van der Waals surface area contributed by atoms with Crippen molar-refractivity contribution < 1.29 is 17.7 Å². The molecule has 0 saturated carbocycles. The van der Waals surface area contributed by atoms with Gasteiger partial charge in [0.2, 0.25) is 5.13 Å². The van der Waals surface area contributed by atoms with Gasteiger partial charge in [0.15, 0.2) is 0 Å². The average Bonchev–Trinajstić information content (AvgIpc) is 2.86. The summed E-state index contributed by atoms with van der Waals surface area (Å²) in [5.41, 5.74) is 1.97. The summed E-state index contributed by atoms with van der Waals surface area (Å²) in [7, 11) is 24.8. The fraction of sp³-hybridized carbons (Fsp3) is 0.385. The van der Waals surface area contributed by atoms with Gasteiger partial charge in [0.1, 0.15) is 12.7 Å². The number of aromatic nitrogens is 2. The molecule has 0 radical (unpaired) electrons. The first-order valence-corrected chi connectivity index (χ1v) is 19.5. The van der Waals surface area contributed by atoms with E-state index in [1.54, 1.807) is 4.68 Å². The van der Waals surface area contributed by atoms with Gasteiger partial charge in [-0.2, -0.15) is 0 Å². The molecule has 0 aliphatic carbocycles. The number of nitrogens with zero attached hydrogens (tertiary/aromatic N) is 6. The summed E-state index contributed by atoms with van der Waals surface area (Å²) in [5, 5.41) is 14.5. The Hall–Kier alpha value is -0.527. The summed E-state index contributed by atoms with van der Waals surface area (Å²) >= 11 is -0.704. The number of benzene rings is 1. The molecule has 0 saturated heterocycles. The molecule has 2 aromatic rings. The van der Waals surface area contributed by atoms with Gasteiger partial charge in [0.25, 0.3) is 0 Å². The van der Waals surface area contributed by atoms with Crippen molar-refractivity contribution in [3.8, 4) is 0 Å². The first-order chi connectivity index (χ1) is 11.2. The fourth-order valence-electron chi connectivity index (χ4n) is 1.52. The Morgan fingerprint density at radius 2 is 1.54 bits per heavy atom. The van der Waals surface area contributed by atoms with Crippen molar-refractivity contribution in [1.29, 1.82) is 0 Å². The van der Waals surface area contributed by atoms with E-state index in [-0.39, 0.29) is 0 Å². The first kappa shape index (κ1) is 21.5. The van der Waals surface area contributed by atoms with Gasteiger partial charge < -0.3 is 9.80 Å². The maximum absolute atomic E-state index is 5.01. The molecule has 6 nitrogen and oxygen atoms in total. The molecule has 0 fully saturated rings. The van der Waals surface area contributed by atoms with E-state index < -0.39 is 13.0 Å². The number of hydrogen-bond donors (Lipinski definition) is 0. The van der Waals surface area contributed by atoms with Crippen molar-refractivity contribution in [1.82, 2.24) is 5.10 Å². The Morgan fingerprint density at radius 1 is 1.00 bits per heavy atom. The van der Waals surface area contributed by atoms with Crippen LogP contribution in [0.15, 0.2) is 34.5 Å². The Labute approximate surface area is 163 Å². The van der Waals surface area contributed by atoms with Gasteiger partial charge in [0, 0.05) is 33.9 Å². The van der Waals surface area contributed by atoms with Crippen LogP contribution >= 0.6 is 40.4 Å². The number of anilines is 2. The third kappa shape index (κ3) is 7.57. The monoisotopic (exact) mass is 460 g/mol. The van der Waals surface area contributed by atoms with Crippen molar-refractivity contribution in [2.75, 3.05) is 38.0 Å². The third-order valence-electron chi connectivity index (χ3n) is 2.69. The molecule has 0 aliphatic heterocycles. The minimum atomic E-state index is -2.21. The van der Waals surface area contributed by atoms with Crippen LogP contribution in [0.1, 0.15) is 0 Å². The Balaban J connectivity index is 0.000000648. The summed E-state index contributed by atoms with van der Waals surface area (Å²) < 4.78 is 1.73. The van der Waals surface area contributed by atoms with E-state index in [1.165, 1.54) is 11.3 Å². The summed E-state index contributed by atoms with van der Waals surface area (Å²) in [4.78, 5) is 4.00. The van der Waals surface area contributed by atoms with Crippen LogP contribution in [0, 0.1) is 0 Å². The SMILES string of the molecule is CN(C)c1ccc(N=Nc2sc(N(C)C)n[n+]2C)cc1.[Cl][Zn-]([Cl])[Cl]. The number of rotatable bonds is 4. The Morgan fingerprint density at radius 3 is 1.96 bits per heavy atom. The van der Waals surface area contributed by atoms with E-state index in [0.717, 1.165) is 21.6 Å². The first-order valence-electron chi connectivity index (χ1n) is 7.01. The quantitative estimate of drug-likeness (QED) is 0.379. The van der Waals surface area contributed by atoms with Gasteiger partial charge in [-0.15, -0.1) is 4.68 Å². The van der Waals surface area contributed by atoms with Crippen molar-refractivity contribution >= 4 is 62.0 Å². The molecule has 0 amide bonds. The minimum absolute atomic E-state index is 0.769. The molecule has 1 aromatic heterocycles. The zero-order valence-electron chi connectivity index (χ0n) is 14.2. The van der Waals surface area contributed by atoms with Crippen molar-refractivity contribution in [2.24, 2.45) is 17.3 Å². The zero-order valence-corrected chi connectivity index (χ0v) is 20.3. The van der Waals surface area contributed by atoms with Gasteiger partial charge in [-0.05, 0) is 40.7 Å². The predicted molar refractivity (Wildman–Crippen MR) is 100 cm³/mol. The van der Waals surface area contributed by atoms with E-state index in [4.69, 9.17) is 29.1 Å². The van der Waals surface area contributed by atoms with Crippen LogP contribution in [0.3, 0.4) is 0 Å². The zero-order chi connectivity index (χ0) is 18.3. The van der Waals surface area contributed by atoms with Crippen molar-refractivity contribution in [3.63, 3.8) is 0 Å². The van der Waals surface area contributed by atoms with E-state index in [0.29, 0.717) is 0 Å². The molecule has 1 heterocycles. The normalized spacial score (nSPS) is 10.3. The Kier molecular flexibility index (Phi) is 9.38. The molecule has 130 valence electrons. The van der Waals surface area contributed by atoms with Crippen LogP contribution in [0.4, 0.5) is 21.6 Å². The van der Waals surface area contributed by atoms with Gasteiger partial charge in [-0.3, -0.25) is 0 Å². The molecule has 24 heavy (non-hydrogen) atoms. The van der Waals surface area contributed by atoms with Crippen LogP contribution in [0.2, 0.25) is 0 Å². The van der Waals surface area contributed by atoms with E-state index in [2.05, 4.69) is 15.3 Å². The molecular formula is C13H19Cl3N6SZn. The number of halogens is 3. The van der Waals surface area contributed by atoms with E-state index in [9.17, 15) is 0 Å². The van der Waals surface area contributed by atoms with Gasteiger partial charge in [-0.1, -0.05) is 5.10 Å². The molecule has 0 bridgehead atoms. The van der Waals surface area contributed by atoms with E-state index in [1.807, 2.05) is 69.3 Å². The van der Waals surface area contributed by atoms with Crippen LogP contribution in [0.25, 0.3) is 0 Å².